The van der Waals surface area contributed by atoms with E-state index in [1.807, 2.05) is 0 Å². The molecule has 2 amide bonds. The van der Waals surface area contributed by atoms with Crippen molar-refractivity contribution in [2.24, 2.45) is 11.8 Å². The summed E-state index contributed by atoms with van der Waals surface area (Å²) in [6.45, 7) is 8.67. The summed E-state index contributed by atoms with van der Waals surface area (Å²) < 4.78 is 0. The first kappa shape index (κ1) is 23.7. The SMILES string of the molecule is CC(C)C(C)NC(=O)C1CCN(CCC(=O)Nc2sc3c(c2C#N)CCCCC3)CC1. The molecule has 0 radical (unpaired) electrons. The number of likely N-dealkylation sites (tertiary alicyclic amines) is 1. The van der Waals surface area contributed by atoms with Crippen LogP contribution < -0.4 is 10.6 Å². The van der Waals surface area contributed by atoms with Crippen LogP contribution in [0.3, 0.4) is 0 Å². The van der Waals surface area contributed by atoms with Gasteiger partial charge < -0.3 is 15.5 Å². The molecule has 1 atom stereocenters. The minimum Gasteiger partial charge on any atom is -0.353 e. The van der Waals surface area contributed by atoms with Gasteiger partial charge in [0.2, 0.25) is 11.8 Å². The normalized spacial score (nSPS) is 18.7. The van der Waals surface area contributed by atoms with E-state index in [0.717, 1.165) is 62.2 Å². The first-order valence-electron chi connectivity index (χ1n) is 11.8. The number of amides is 2. The summed E-state index contributed by atoms with van der Waals surface area (Å²) in [6.07, 6.45) is 7.55. The average Bonchev–Trinajstić information content (AvgIpc) is 2.91. The lowest BCUT2D eigenvalue weighted by Crippen LogP contribution is -2.44. The lowest BCUT2D eigenvalue weighted by Gasteiger charge is -2.32. The van der Waals surface area contributed by atoms with Crippen molar-refractivity contribution in [1.29, 1.82) is 5.26 Å². The quantitative estimate of drug-likeness (QED) is 0.620. The lowest BCUT2D eigenvalue weighted by molar-refractivity contribution is -0.127. The van der Waals surface area contributed by atoms with Crippen molar-refractivity contribution < 1.29 is 9.59 Å². The van der Waals surface area contributed by atoms with Gasteiger partial charge in [-0.25, -0.2) is 0 Å². The topological polar surface area (TPSA) is 85.2 Å². The summed E-state index contributed by atoms with van der Waals surface area (Å²) in [4.78, 5) is 28.5. The van der Waals surface area contributed by atoms with Gasteiger partial charge in [-0.05, 0) is 70.0 Å². The third-order valence-electron chi connectivity index (χ3n) is 6.77. The van der Waals surface area contributed by atoms with Crippen LogP contribution in [0.15, 0.2) is 0 Å². The maximum absolute atomic E-state index is 12.6. The molecule has 0 bridgehead atoms. The number of nitriles is 1. The average molecular weight is 445 g/mol. The standard InChI is InChI=1S/C24H36N4O2S/c1-16(2)17(3)26-23(30)18-9-12-28(13-10-18)14-11-22(29)27-24-20(15-25)19-7-5-4-6-8-21(19)31-24/h16-18H,4-14H2,1-3H3,(H,26,30)(H,27,29). The van der Waals surface area contributed by atoms with Crippen LogP contribution in [0.4, 0.5) is 5.00 Å². The van der Waals surface area contributed by atoms with Crippen molar-refractivity contribution >= 4 is 28.2 Å². The van der Waals surface area contributed by atoms with E-state index in [1.165, 1.54) is 11.3 Å². The number of rotatable bonds is 7. The summed E-state index contributed by atoms with van der Waals surface area (Å²) in [7, 11) is 0. The molecule has 1 unspecified atom stereocenters. The van der Waals surface area contributed by atoms with Gasteiger partial charge in [-0.2, -0.15) is 5.26 Å². The van der Waals surface area contributed by atoms with Gasteiger partial charge in [-0.15, -0.1) is 11.3 Å². The van der Waals surface area contributed by atoms with Crippen LogP contribution in [0, 0.1) is 23.2 Å². The molecular formula is C24H36N4O2S. The van der Waals surface area contributed by atoms with E-state index in [0.29, 0.717) is 24.4 Å². The number of carbonyl (C=O) groups excluding carboxylic acids is 2. The van der Waals surface area contributed by atoms with Gasteiger partial charge in [0, 0.05) is 29.8 Å². The molecule has 1 fully saturated rings. The molecule has 6 nitrogen and oxygen atoms in total. The molecular weight excluding hydrogens is 408 g/mol. The highest BCUT2D eigenvalue weighted by Gasteiger charge is 2.27. The Morgan fingerprint density at radius 2 is 1.87 bits per heavy atom. The Balaban J connectivity index is 1.44. The zero-order valence-corrected chi connectivity index (χ0v) is 19.9. The smallest absolute Gasteiger partial charge is 0.226 e. The molecule has 2 heterocycles. The lowest BCUT2D eigenvalue weighted by atomic mass is 9.94. The molecule has 2 N–H and O–H groups in total. The first-order valence-corrected chi connectivity index (χ1v) is 12.6. The molecule has 1 aliphatic carbocycles. The summed E-state index contributed by atoms with van der Waals surface area (Å²) in [5, 5.41) is 16.5. The third-order valence-corrected chi connectivity index (χ3v) is 7.98. The van der Waals surface area contributed by atoms with Crippen LogP contribution >= 0.6 is 11.3 Å². The number of hydrogen-bond acceptors (Lipinski definition) is 5. The fraction of sp³-hybridized carbons (Fsp3) is 0.708. The minimum atomic E-state index is -0.0291. The Kier molecular flexibility index (Phi) is 8.50. The molecule has 0 spiro atoms. The molecule has 3 rings (SSSR count). The second-order valence-corrected chi connectivity index (χ2v) is 10.4. The van der Waals surface area contributed by atoms with Crippen LogP contribution in [0.2, 0.25) is 0 Å². The Hall–Kier alpha value is -1.91. The van der Waals surface area contributed by atoms with E-state index < -0.39 is 0 Å². The predicted octanol–water partition coefficient (Wildman–Crippen LogP) is 4.09. The van der Waals surface area contributed by atoms with E-state index in [4.69, 9.17) is 0 Å². The van der Waals surface area contributed by atoms with E-state index in [-0.39, 0.29) is 23.8 Å². The Morgan fingerprint density at radius 3 is 2.55 bits per heavy atom. The zero-order valence-electron chi connectivity index (χ0n) is 19.1. The third kappa shape index (κ3) is 6.30. The van der Waals surface area contributed by atoms with Crippen LogP contribution in [-0.4, -0.2) is 42.4 Å². The highest BCUT2D eigenvalue weighted by molar-refractivity contribution is 7.16. The number of nitrogens with zero attached hydrogens (tertiary/aromatic N) is 2. The van der Waals surface area contributed by atoms with Crippen LogP contribution in [0.5, 0.6) is 0 Å². The molecule has 7 heteroatoms. The number of thiophene rings is 1. The second-order valence-electron chi connectivity index (χ2n) is 9.34. The molecule has 1 aromatic heterocycles. The van der Waals surface area contributed by atoms with Gasteiger partial charge in [0.1, 0.15) is 11.1 Å². The number of carbonyl (C=O) groups is 2. The number of piperidine rings is 1. The fourth-order valence-electron chi connectivity index (χ4n) is 4.33. The zero-order chi connectivity index (χ0) is 22.4. The Morgan fingerprint density at radius 1 is 1.16 bits per heavy atom. The van der Waals surface area contributed by atoms with Crippen molar-refractivity contribution in [3.63, 3.8) is 0 Å². The maximum Gasteiger partial charge on any atom is 0.226 e. The number of anilines is 1. The van der Waals surface area contributed by atoms with E-state index >= 15 is 0 Å². The van der Waals surface area contributed by atoms with Gasteiger partial charge in [0.05, 0.1) is 5.56 Å². The number of hydrogen-bond donors (Lipinski definition) is 2. The highest BCUT2D eigenvalue weighted by atomic mass is 32.1. The first-order chi connectivity index (χ1) is 14.9. The molecule has 31 heavy (non-hydrogen) atoms. The van der Waals surface area contributed by atoms with Crippen LogP contribution in [-0.2, 0) is 22.4 Å². The van der Waals surface area contributed by atoms with Crippen LogP contribution in [0.25, 0.3) is 0 Å². The van der Waals surface area contributed by atoms with Crippen molar-refractivity contribution in [2.75, 3.05) is 25.0 Å². The molecule has 170 valence electrons. The number of aryl methyl sites for hydroxylation is 1. The summed E-state index contributed by atoms with van der Waals surface area (Å²) >= 11 is 1.59. The van der Waals surface area contributed by atoms with Crippen molar-refractivity contribution in [2.45, 2.75) is 78.2 Å². The molecule has 1 saturated heterocycles. The number of nitrogens with one attached hydrogen (secondary N) is 2. The summed E-state index contributed by atoms with van der Waals surface area (Å²) in [5.74, 6) is 0.645. The van der Waals surface area contributed by atoms with Gasteiger partial charge in [0.25, 0.3) is 0 Å². The largest absolute Gasteiger partial charge is 0.353 e. The molecule has 1 aliphatic heterocycles. The molecule has 1 aromatic rings. The Labute approximate surface area is 190 Å². The van der Waals surface area contributed by atoms with E-state index in [1.54, 1.807) is 11.3 Å². The van der Waals surface area contributed by atoms with Crippen LogP contribution in [0.1, 0.15) is 75.3 Å². The van der Waals surface area contributed by atoms with Crippen molar-refractivity contribution in [3.8, 4) is 6.07 Å². The minimum absolute atomic E-state index is 0.0291. The van der Waals surface area contributed by atoms with Crippen molar-refractivity contribution in [3.05, 3.63) is 16.0 Å². The van der Waals surface area contributed by atoms with Gasteiger partial charge >= 0.3 is 0 Å². The number of fused-ring (bicyclic) bond motifs is 1. The monoisotopic (exact) mass is 444 g/mol. The molecule has 0 aromatic carbocycles. The molecule has 0 saturated carbocycles. The van der Waals surface area contributed by atoms with E-state index in [9.17, 15) is 14.9 Å². The summed E-state index contributed by atoms with van der Waals surface area (Å²) in [6, 6.07) is 2.52. The Bertz CT molecular complexity index is 818. The van der Waals surface area contributed by atoms with Gasteiger partial charge in [-0.1, -0.05) is 20.3 Å². The van der Waals surface area contributed by atoms with Gasteiger partial charge in [0.15, 0.2) is 0 Å². The van der Waals surface area contributed by atoms with Gasteiger partial charge in [-0.3, -0.25) is 9.59 Å². The highest BCUT2D eigenvalue weighted by Crippen LogP contribution is 2.37. The van der Waals surface area contributed by atoms with E-state index in [2.05, 4.69) is 42.4 Å². The predicted molar refractivity (Wildman–Crippen MR) is 125 cm³/mol. The fourth-order valence-corrected chi connectivity index (χ4v) is 5.58. The second kappa shape index (κ2) is 11.1. The van der Waals surface area contributed by atoms with Crippen molar-refractivity contribution in [1.82, 2.24) is 10.2 Å². The summed E-state index contributed by atoms with van der Waals surface area (Å²) in [5.41, 5.74) is 1.84. The maximum atomic E-state index is 12.6. The molecule has 2 aliphatic rings.